The topological polar surface area (TPSA) is 112 Å². The van der Waals surface area contributed by atoms with Gasteiger partial charge in [-0.1, -0.05) is 37.3 Å². The summed E-state index contributed by atoms with van der Waals surface area (Å²) in [5.41, 5.74) is 1.35. The number of fused-ring (bicyclic) bond motifs is 1. The Morgan fingerprint density at radius 2 is 1.89 bits per heavy atom. The van der Waals surface area contributed by atoms with Crippen LogP contribution in [0.1, 0.15) is 18.9 Å². The van der Waals surface area contributed by atoms with Gasteiger partial charge in [-0.05, 0) is 31.0 Å². The molecule has 0 unspecified atom stereocenters. The number of aliphatic hydroxyl groups is 1. The Balaban J connectivity index is 2.15. The minimum atomic E-state index is -3.82. The SMILES string of the molecule is CC[C@H](CO)NS(=O)(=O)c1cc(-c2n[nH]c(=O)c3ccccc23)ccc1C. The number of hydrogen-bond donors (Lipinski definition) is 3. The molecule has 0 aliphatic rings. The summed E-state index contributed by atoms with van der Waals surface area (Å²) < 4.78 is 28.1. The minimum absolute atomic E-state index is 0.115. The monoisotopic (exact) mass is 387 g/mol. The van der Waals surface area contributed by atoms with Gasteiger partial charge in [0.25, 0.3) is 5.56 Å². The molecule has 0 saturated carbocycles. The molecule has 0 saturated heterocycles. The number of aryl methyl sites for hydroxylation is 1. The molecule has 1 aromatic heterocycles. The van der Waals surface area contributed by atoms with E-state index in [1.807, 2.05) is 0 Å². The molecule has 27 heavy (non-hydrogen) atoms. The van der Waals surface area contributed by atoms with Crippen LogP contribution in [-0.2, 0) is 10.0 Å². The summed E-state index contributed by atoms with van der Waals surface area (Å²) in [6, 6.07) is 11.5. The van der Waals surface area contributed by atoms with Crippen LogP contribution >= 0.6 is 0 Å². The van der Waals surface area contributed by atoms with Crippen LogP contribution in [0.4, 0.5) is 0 Å². The van der Waals surface area contributed by atoms with E-state index < -0.39 is 16.1 Å². The number of benzene rings is 2. The van der Waals surface area contributed by atoms with Crippen molar-refractivity contribution in [2.45, 2.75) is 31.2 Å². The molecule has 0 spiro atoms. The Labute approximate surface area is 157 Å². The van der Waals surface area contributed by atoms with Crippen molar-refractivity contribution in [3.8, 4) is 11.3 Å². The van der Waals surface area contributed by atoms with Crippen LogP contribution in [0.5, 0.6) is 0 Å². The van der Waals surface area contributed by atoms with Gasteiger partial charge in [-0.3, -0.25) is 4.79 Å². The molecule has 1 atom stereocenters. The highest BCUT2D eigenvalue weighted by molar-refractivity contribution is 7.89. The summed E-state index contributed by atoms with van der Waals surface area (Å²) in [6.45, 7) is 3.22. The first-order valence-electron chi connectivity index (χ1n) is 8.59. The van der Waals surface area contributed by atoms with Crippen molar-refractivity contribution in [2.75, 3.05) is 6.61 Å². The number of hydrogen-bond acceptors (Lipinski definition) is 5. The van der Waals surface area contributed by atoms with E-state index >= 15 is 0 Å². The zero-order chi connectivity index (χ0) is 19.6. The maximum atomic E-state index is 12.8. The van der Waals surface area contributed by atoms with Gasteiger partial charge in [0.2, 0.25) is 10.0 Å². The Bertz CT molecular complexity index is 1140. The van der Waals surface area contributed by atoms with Crippen molar-refractivity contribution in [1.82, 2.24) is 14.9 Å². The molecular weight excluding hydrogens is 366 g/mol. The van der Waals surface area contributed by atoms with E-state index in [-0.39, 0.29) is 17.1 Å². The highest BCUT2D eigenvalue weighted by Crippen LogP contribution is 2.28. The van der Waals surface area contributed by atoms with Gasteiger partial charge in [0.15, 0.2) is 0 Å². The van der Waals surface area contributed by atoms with Crippen LogP contribution in [0.3, 0.4) is 0 Å². The fourth-order valence-electron chi connectivity index (χ4n) is 2.90. The molecule has 1 heterocycles. The molecule has 2 aromatic carbocycles. The molecule has 3 aromatic rings. The van der Waals surface area contributed by atoms with Crippen LogP contribution < -0.4 is 10.3 Å². The van der Waals surface area contributed by atoms with Crippen molar-refractivity contribution in [2.24, 2.45) is 0 Å². The molecule has 3 N–H and O–H groups in total. The van der Waals surface area contributed by atoms with E-state index in [4.69, 9.17) is 0 Å². The highest BCUT2D eigenvalue weighted by atomic mass is 32.2. The number of nitrogens with one attached hydrogen (secondary N) is 2. The second kappa shape index (κ2) is 7.59. The van der Waals surface area contributed by atoms with E-state index in [1.54, 1.807) is 50.2 Å². The van der Waals surface area contributed by atoms with Gasteiger partial charge >= 0.3 is 0 Å². The molecule has 142 valence electrons. The normalized spacial score (nSPS) is 13.0. The number of H-pyrrole nitrogens is 1. The third-order valence-electron chi connectivity index (χ3n) is 4.48. The Kier molecular flexibility index (Phi) is 5.41. The number of sulfonamides is 1. The van der Waals surface area contributed by atoms with Gasteiger partial charge in [-0.2, -0.15) is 5.10 Å². The average molecular weight is 387 g/mol. The van der Waals surface area contributed by atoms with Crippen molar-refractivity contribution < 1.29 is 13.5 Å². The quantitative estimate of drug-likeness (QED) is 0.598. The summed E-state index contributed by atoms with van der Waals surface area (Å²) in [4.78, 5) is 12.1. The highest BCUT2D eigenvalue weighted by Gasteiger charge is 2.22. The van der Waals surface area contributed by atoms with Crippen LogP contribution in [0.2, 0.25) is 0 Å². The van der Waals surface area contributed by atoms with Crippen LogP contribution in [0.15, 0.2) is 52.2 Å². The summed E-state index contributed by atoms with van der Waals surface area (Å²) >= 11 is 0. The van der Waals surface area contributed by atoms with E-state index in [9.17, 15) is 18.3 Å². The van der Waals surface area contributed by atoms with Gasteiger partial charge in [0, 0.05) is 17.0 Å². The summed E-state index contributed by atoms with van der Waals surface area (Å²) in [7, 11) is -3.82. The Morgan fingerprint density at radius 1 is 1.19 bits per heavy atom. The molecule has 0 bridgehead atoms. The van der Waals surface area contributed by atoms with Crippen molar-refractivity contribution in [3.05, 3.63) is 58.4 Å². The molecule has 0 radical (unpaired) electrons. The van der Waals surface area contributed by atoms with E-state index in [1.165, 1.54) is 6.07 Å². The van der Waals surface area contributed by atoms with E-state index in [2.05, 4.69) is 14.9 Å². The largest absolute Gasteiger partial charge is 0.395 e. The predicted octanol–water partition coefficient (Wildman–Crippen LogP) is 1.95. The summed E-state index contributed by atoms with van der Waals surface area (Å²) in [6.07, 6.45) is 0.473. The molecule has 7 nitrogen and oxygen atoms in total. The summed E-state index contributed by atoms with van der Waals surface area (Å²) in [5.74, 6) is 0. The zero-order valence-electron chi connectivity index (χ0n) is 15.1. The van der Waals surface area contributed by atoms with E-state index in [0.717, 1.165) is 0 Å². The lowest BCUT2D eigenvalue weighted by molar-refractivity contribution is 0.254. The Morgan fingerprint density at radius 3 is 2.56 bits per heavy atom. The second-order valence-electron chi connectivity index (χ2n) is 6.34. The molecule has 0 aliphatic heterocycles. The number of nitrogens with zero attached hydrogens (tertiary/aromatic N) is 1. The standard InChI is InChI=1S/C19H21N3O4S/c1-3-14(11-23)22-27(25,26)17-10-13(9-8-12(17)2)18-15-6-4-5-7-16(15)19(24)21-20-18/h4-10,14,22-23H,3,11H2,1-2H3,(H,21,24)/t14-/m1/s1. The first-order chi connectivity index (χ1) is 12.9. The number of rotatable bonds is 6. The molecular formula is C19H21N3O4S. The fraction of sp³-hybridized carbons (Fsp3) is 0.263. The zero-order valence-corrected chi connectivity index (χ0v) is 15.9. The second-order valence-corrected chi connectivity index (χ2v) is 8.02. The third kappa shape index (κ3) is 3.78. The smallest absolute Gasteiger partial charge is 0.272 e. The van der Waals surface area contributed by atoms with Gasteiger partial charge in [0.05, 0.1) is 22.6 Å². The molecule has 8 heteroatoms. The van der Waals surface area contributed by atoms with Gasteiger partial charge in [-0.15, -0.1) is 0 Å². The van der Waals surface area contributed by atoms with Crippen LogP contribution in [-0.4, -0.2) is 36.4 Å². The average Bonchev–Trinajstić information content (AvgIpc) is 2.67. The predicted molar refractivity (Wildman–Crippen MR) is 104 cm³/mol. The maximum Gasteiger partial charge on any atom is 0.272 e. The van der Waals surface area contributed by atoms with Crippen LogP contribution in [0, 0.1) is 6.92 Å². The first kappa shape index (κ1) is 19.2. The number of aliphatic hydroxyl groups excluding tert-OH is 1. The van der Waals surface area contributed by atoms with Gasteiger partial charge in [0.1, 0.15) is 0 Å². The summed E-state index contributed by atoms with van der Waals surface area (Å²) in [5, 5.41) is 17.0. The lowest BCUT2D eigenvalue weighted by Crippen LogP contribution is -2.37. The van der Waals surface area contributed by atoms with Crippen molar-refractivity contribution in [1.29, 1.82) is 0 Å². The van der Waals surface area contributed by atoms with Crippen molar-refractivity contribution in [3.63, 3.8) is 0 Å². The third-order valence-corrected chi connectivity index (χ3v) is 6.14. The first-order valence-corrected chi connectivity index (χ1v) is 10.1. The molecule has 3 rings (SSSR count). The maximum absolute atomic E-state index is 12.8. The fourth-order valence-corrected chi connectivity index (χ4v) is 4.49. The van der Waals surface area contributed by atoms with Crippen molar-refractivity contribution >= 4 is 20.8 Å². The van der Waals surface area contributed by atoms with Crippen LogP contribution in [0.25, 0.3) is 22.0 Å². The number of aromatic amines is 1. The molecule has 0 fully saturated rings. The van der Waals surface area contributed by atoms with Gasteiger partial charge in [-0.25, -0.2) is 18.2 Å². The lowest BCUT2D eigenvalue weighted by atomic mass is 10.0. The molecule has 0 aliphatic carbocycles. The van der Waals surface area contributed by atoms with E-state index in [0.29, 0.717) is 34.0 Å². The lowest BCUT2D eigenvalue weighted by Gasteiger charge is -2.16. The van der Waals surface area contributed by atoms with Gasteiger partial charge < -0.3 is 5.11 Å². The minimum Gasteiger partial charge on any atom is -0.395 e. The molecule has 0 amide bonds. The Hall–Kier alpha value is -2.55. The number of aromatic nitrogens is 2.